The van der Waals surface area contributed by atoms with E-state index in [9.17, 15) is 4.79 Å². The van der Waals surface area contributed by atoms with Crippen molar-refractivity contribution >= 4 is 17.6 Å². The number of carbonyl (C=O) groups is 1. The first-order valence-corrected chi connectivity index (χ1v) is 7.69. The van der Waals surface area contributed by atoms with Gasteiger partial charge in [0.25, 0.3) is 0 Å². The molecule has 0 aromatic carbocycles. The highest BCUT2D eigenvalue weighted by Gasteiger charge is 2.62. The molecule has 1 aromatic rings. The van der Waals surface area contributed by atoms with Crippen LogP contribution in [-0.2, 0) is 0 Å². The fraction of sp³-hybridized carbons (Fsp3) is 0.625. The van der Waals surface area contributed by atoms with Crippen LogP contribution in [0.25, 0.3) is 0 Å². The molecule has 114 valence electrons. The average Bonchev–Trinajstić information content (AvgIpc) is 2.71. The van der Waals surface area contributed by atoms with Gasteiger partial charge in [0, 0.05) is 11.5 Å². The molecule has 5 heteroatoms. The van der Waals surface area contributed by atoms with Crippen LogP contribution < -0.4 is 4.74 Å². The Morgan fingerprint density at radius 3 is 2.67 bits per heavy atom. The van der Waals surface area contributed by atoms with Crippen molar-refractivity contribution in [2.75, 3.05) is 0 Å². The van der Waals surface area contributed by atoms with Crippen molar-refractivity contribution in [3.05, 3.63) is 22.8 Å². The number of aromatic carboxylic acids is 1. The Kier molecular flexibility index (Phi) is 3.21. The lowest BCUT2D eigenvalue weighted by atomic mass is 9.70. The number of fused-ring (bicyclic) bond motifs is 2. The zero-order chi connectivity index (χ0) is 15.4. The predicted octanol–water partition coefficient (Wildman–Crippen LogP) is 4.03. The van der Waals surface area contributed by atoms with Gasteiger partial charge in [0.2, 0.25) is 5.88 Å². The molecule has 0 aliphatic heterocycles. The minimum atomic E-state index is -1.02. The lowest BCUT2D eigenvalue weighted by molar-refractivity contribution is 0.0272. The van der Waals surface area contributed by atoms with Crippen LogP contribution in [0.5, 0.6) is 5.88 Å². The minimum Gasteiger partial charge on any atom is -0.478 e. The summed E-state index contributed by atoms with van der Waals surface area (Å²) in [5, 5.41) is 9.24. The maximum atomic E-state index is 11.1. The lowest BCUT2D eigenvalue weighted by Crippen LogP contribution is -2.39. The molecular formula is C16H20ClNO3. The number of halogens is 1. The first-order chi connectivity index (χ1) is 9.74. The third kappa shape index (κ3) is 2.11. The second kappa shape index (κ2) is 4.60. The van der Waals surface area contributed by atoms with Gasteiger partial charge < -0.3 is 9.84 Å². The highest BCUT2D eigenvalue weighted by atomic mass is 35.5. The summed E-state index contributed by atoms with van der Waals surface area (Å²) in [7, 11) is 0. The minimum absolute atomic E-state index is 0.0684. The van der Waals surface area contributed by atoms with Gasteiger partial charge >= 0.3 is 5.97 Å². The van der Waals surface area contributed by atoms with E-state index in [2.05, 4.69) is 25.8 Å². The van der Waals surface area contributed by atoms with Crippen LogP contribution in [-0.4, -0.2) is 22.2 Å². The van der Waals surface area contributed by atoms with Gasteiger partial charge in [-0.25, -0.2) is 9.78 Å². The molecule has 0 radical (unpaired) electrons. The van der Waals surface area contributed by atoms with E-state index >= 15 is 0 Å². The molecular weight excluding hydrogens is 290 g/mol. The van der Waals surface area contributed by atoms with Crippen LogP contribution in [0.4, 0.5) is 0 Å². The Morgan fingerprint density at radius 2 is 2.14 bits per heavy atom. The van der Waals surface area contributed by atoms with Crippen LogP contribution in [0.15, 0.2) is 12.1 Å². The molecule has 2 fully saturated rings. The fourth-order valence-electron chi connectivity index (χ4n) is 4.11. The highest BCUT2D eigenvalue weighted by molar-refractivity contribution is 6.29. The third-order valence-electron chi connectivity index (χ3n) is 5.99. The molecule has 1 aromatic heterocycles. The summed E-state index contributed by atoms with van der Waals surface area (Å²) in [6.07, 6.45) is 3.45. The highest BCUT2D eigenvalue weighted by Crippen LogP contribution is 2.66. The Hall–Kier alpha value is -1.29. The van der Waals surface area contributed by atoms with Gasteiger partial charge in [-0.15, -0.1) is 0 Å². The molecule has 1 N–H and O–H groups in total. The number of carboxylic acids is 1. The first-order valence-electron chi connectivity index (χ1n) is 7.31. The Labute approximate surface area is 129 Å². The second-order valence-corrected chi connectivity index (χ2v) is 7.43. The molecule has 0 amide bonds. The van der Waals surface area contributed by atoms with E-state index in [4.69, 9.17) is 21.4 Å². The zero-order valence-electron chi connectivity index (χ0n) is 12.5. The maximum absolute atomic E-state index is 11.1. The van der Waals surface area contributed by atoms with Crippen molar-refractivity contribution in [1.29, 1.82) is 0 Å². The van der Waals surface area contributed by atoms with Crippen LogP contribution in [0.1, 0.15) is 50.4 Å². The standard InChI is InChI=1S/C16H20ClNO3/c1-15(2)10-4-5-16(15,3)11(8-10)21-13-7-9(14(19)20)6-12(17)18-13/h6-7,10-11H,4-5,8H2,1-3H3,(H,19,20). The van der Waals surface area contributed by atoms with Crippen LogP contribution in [0, 0.1) is 16.7 Å². The van der Waals surface area contributed by atoms with Crippen molar-refractivity contribution in [2.45, 2.75) is 46.1 Å². The maximum Gasteiger partial charge on any atom is 0.335 e. The Morgan fingerprint density at radius 1 is 1.43 bits per heavy atom. The topological polar surface area (TPSA) is 59.4 Å². The van der Waals surface area contributed by atoms with Gasteiger partial charge in [-0.3, -0.25) is 0 Å². The normalized spacial score (nSPS) is 33.1. The number of hydrogen-bond acceptors (Lipinski definition) is 3. The summed E-state index contributed by atoms with van der Waals surface area (Å²) in [4.78, 5) is 15.2. The number of ether oxygens (including phenoxy) is 1. The van der Waals surface area contributed by atoms with E-state index in [0.29, 0.717) is 11.8 Å². The molecule has 21 heavy (non-hydrogen) atoms. The summed E-state index contributed by atoms with van der Waals surface area (Å²) in [5.41, 5.74) is 0.453. The molecule has 1 heterocycles. The smallest absolute Gasteiger partial charge is 0.335 e. The molecule has 2 aliphatic carbocycles. The van der Waals surface area contributed by atoms with Gasteiger partial charge in [0.05, 0.1) is 5.56 Å². The van der Waals surface area contributed by atoms with E-state index in [1.165, 1.54) is 18.6 Å². The molecule has 2 bridgehead atoms. The zero-order valence-corrected chi connectivity index (χ0v) is 13.3. The van der Waals surface area contributed by atoms with Gasteiger partial charge in [0.15, 0.2) is 0 Å². The summed E-state index contributed by atoms with van der Waals surface area (Å²) in [6, 6.07) is 2.79. The summed E-state index contributed by atoms with van der Waals surface area (Å²) in [6.45, 7) is 6.89. The molecule has 3 rings (SSSR count). The van der Waals surface area contributed by atoms with Crippen molar-refractivity contribution in [2.24, 2.45) is 16.7 Å². The van der Waals surface area contributed by atoms with E-state index in [1.54, 1.807) is 0 Å². The summed E-state index contributed by atoms with van der Waals surface area (Å²) >= 11 is 5.89. The van der Waals surface area contributed by atoms with Gasteiger partial charge in [0.1, 0.15) is 11.3 Å². The molecule has 2 aliphatic rings. The van der Waals surface area contributed by atoms with E-state index in [0.717, 1.165) is 12.8 Å². The molecule has 3 atom stereocenters. The molecule has 2 saturated carbocycles. The quantitative estimate of drug-likeness (QED) is 0.856. The summed E-state index contributed by atoms with van der Waals surface area (Å²) in [5.74, 6) is -0.0521. The second-order valence-electron chi connectivity index (χ2n) is 7.04. The largest absolute Gasteiger partial charge is 0.478 e. The molecule has 0 saturated heterocycles. The Bertz CT molecular complexity index is 601. The monoisotopic (exact) mass is 309 g/mol. The third-order valence-corrected chi connectivity index (χ3v) is 6.19. The SMILES string of the molecule is CC1(C)C2CCC1(C)C(Oc1cc(C(=O)O)cc(Cl)n1)C2. The first kappa shape index (κ1) is 14.6. The number of carboxylic acid groups (broad SMARTS) is 1. The van der Waals surface area contributed by atoms with E-state index < -0.39 is 5.97 Å². The van der Waals surface area contributed by atoms with E-state index in [1.807, 2.05) is 0 Å². The van der Waals surface area contributed by atoms with Gasteiger partial charge in [-0.1, -0.05) is 32.4 Å². The number of hydrogen-bond donors (Lipinski definition) is 1. The molecule has 0 spiro atoms. The number of nitrogens with zero attached hydrogens (tertiary/aromatic N) is 1. The van der Waals surface area contributed by atoms with Crippen LogP contribution >= 0.6 is 11.6 Å². The molecule has 3 unspecified atom stereocenters. The van der Waals surface area contributed by atoms with Crippen molar-refractivity contribution in [1.82, 2.24) is 4.98 Å². The molecule has 4 nitrogen and oxygen atoms in total. The van der Waals surface area contributed by atoms with Crippen LogP contribution in [0.3, 0.4) is 0 Å². The average molecular weight is 310 g/mol. The lowest BCUT2D eigenvalue weighted by Gasteiger charge is -2.38. The predicted molar refractivity (Wildman–Crippen MR) is 79.9 cm³/mol. The van der Waals surface area contributed by atoms with Crippen molar-refractivity contribution in [3.63, 3.8) is 0 Å². The Balaban J connectivity index is 1.87. The van der Waals surface area contributed by atoms with Gasteiger partial charge in [-0.05, 0) is 36.7 Å². The number of aromatic nitrogens is 1. The van der Waals surface area contributed by atoms with Gasteiger partial charge in [-0.2, -0.15) is 0 Å². The summed E-state index contributed by atoms with van der Waals surface area (Å²) < 4.78 is 6.06. The number of rotatable bonds is 3. The number of pyridine rings is 1. The van der Waals surface area contributed by atoms with Crippen molar-refractivity contribution in [3.8, 4) is 5.88 Å². The fourth-order valence-corrected chi connectivity index (χ4v) is 4.31. The van der Waals surface area contributed by atoms with Crippen molar-refractivity contribution < 1.29 is 14.6 Å². The van der Waals surface area contributed by atoms with Crippen LogP contribution in [0.2, 0.25) is 5.15 Å². The van der Waals surface area contributed by atoms with E-state index in [-0.39, 0.29) is 27.7 Å².